The lowest BCUT2D eigenvalue weighted by molar-refractivity contribution is 0.212. The molecule has 1 aromatic carbocycles. The molecule has 0 bridgehead atoms. The van der Waals surface area contributed by atoms with Crippen molar-refractivity contribution in [1.82, 2.24) is 24.5 Å². The maximum absolute atomic E-state index is 10.1. The smallest absolute Gasteiger partial charge is 0.182 e. The zero-order valence-electron chi connectivity index (χ0n) is 14.4. The standard InChI is InChI=1S/C17H20N6OS3/c24-14(9-20-17-18-5-6-25-17)11-26-23-21-10-16(27-23)19-8-13-7-12-3-1-2-4-15(12)22-13/h1-7,10,14,19,21-22,24H,8-9,11H2,(H,18,20). The second-order valence-corrected chi connectivity index (χ2v) is 8.96. The van der Waals surface area contributed by atoms with Crippen molar-refractivity contribution in [2.45, 2.75) is 12.6 Å². The van der Waals surface area contributed by atoms with E-state index in [-0.39, 0.29) is 0 Å². The predicted octanol–water partition coefficient (Wildman–Crippen LogP) is 3.10. The summed E-state index contributed by atoms with van der Waals surface area (Å²) in [5.41, 5.74) is 5.47. The van der Waals surface area contributed by atoms with Gasteiger partial charge in [-0.05, 0) is 29.5 Å². The number of nitrogens with one attached hydrogen (secondary N) is 4. The van der Waals surface area contributed by atoms with Crippen molar-refractivity contribution in [1.29, 1.82) is 0 Å². The summed E-state index contributed by atoms with van der Waals surface area (Å²) in [6, 6.07) is 10.4. The Balaban J connectivity index is 1.16. The number of aromatic amines is 1. The van der Waals surface area contributed by atoms with Gasteiger partial charge >= 0.3 is 0 Å². The van der Waals surface area contributed by atoms with Crippen LogP contribution in [0.3, 0.4) is 0 Å². The number of rotatable bonds is 9. The number of anilines is 1. The van der Waals surface area contributed by atoms with Crippen LogP contribution in [0.4, 0.5) is 5.13 Å². The van der Waals surface area contributed by atoms with Crippen LogP contribution in [0.1, 0.15) is 5.69 Å². The van der Waals surface area contributed by atoms with Crippen molar-refractivity contribution in [3.63, 3.8) is 0 Å². The third-order valence-corrected chi connectivity index (χ3v) is 6.70. The van der Waals surface area contributed by atoms with E-state index >= 15 is 0 Å². The van der Waals surface area contributed by atoms with Crippen molar-refractivity contribution in [2.24, 2.45) is 0 Å². The van der Waals surface area contributed by atoms with Gasteiger partial charge in [-0.2, -0.15) is 0 Å². The normalized spacial score (nSPS) is 15.5. The highest BCUT2D eigenvalue weighted by Crippen LogP contribution is 2.29. The third kappa shape index (κ3) is 5.11. The van der Waals surface area contributed by atoms with Crippen molar-refractivity contribution in [3.05, 3.63) is 58.8 Å². The van der Waals surface area contributed by atoms with E-state index in [1.54, 1.807) is 18.1 Å². The number of hydrazine groups is 1. The second kappa shape index (κ2) is 8.89. The molecule has 3 heterocycles. The van der Waals surface area contributed by atoms with Crippen LogP contribution < -0.4 is 16.1 Å². The molecule has 0 saturated heterocycles. The topological polar surface area (TPSA) is 88.2 Å². The van der Waals surface area contributed by atoms with Crippen LogP contribution in [0.2, 0.25) is 0 Å². The van der Waals surface area contributed by atoms with Crippen molar-refractivity contribution in [3.8, 4) is 0 Å². The third-order valence-electron chi connectivity index (χ3n) is 3.83. The summed E-state index contributed by atoms with van der Waals surface area (Å²) in [6.07, 6.45) is 3.22. The van der Waals surface area contributed by atoms with Gasteiger partial charge in [-0.15, -0.1) is 15.2 Å². The molecule has 0 amide bonds. The van der Waals surface area contributed by atoms with E-state index in [9.17, 15) is 5.11 Å². The number of H-pyrrole nitrogens is 1. The quantitative estimate of drug-likeness (QED) is 0.338. The Kier molecular flexibility index (Phi) is 6.10. The first kappa shape index (κ1) is 18.5. The first-order valence-electron chi connectivity index (χ1n) is 8.45. The molecular formula is C17H20N6OS3. The molecule has 0 fully saturated rings. The van der Waals surface area contributed by atoms with Crippen molar-refractivity contribution in [2.75, 3.05) is 17.6 Å². The SMILES string of the molecule is OC(CNc1nccs1)CSN1NC=C(NCc2cc3ccccc3[nH]2)S1. The highest BCUT2D eigenvalue weighted by Gasteiger charge is 2.17. The maximum Gasteiger partial charge on any atom is 0.182 e. The highest BCUT2D eigenvalue weighted by atomic mass is 32.2. The number of hydrogen-bond acceptors (Lipinski definition) is 9. The maximum atomic E-state index is 10.1. The highest BCUT2D eigenvalue weighted by molar-refractivity contribution is 8.13. The molecule has 1 unspecified atom stereocenters. The van der Waals surface area contributed by atoms with Gasteiger partial charge in [-0.25, -0.2) is 4.98 Å². The molecule has 1 aliphatic heterocycles. The van der Waals surface area contributed by atoms with E-state index in [2.05, 4.69) is 44.2 Å². The number of nitrogens with zero attached hydrogens (tertiary/aromatic N) is 2. The lowest BCUT2D eigenvalue weighted by Gasteiger charge is -2.16. The Bertz CT molecular complexity index is 864. The van der Waals surface area contributed by atoms with E-state index in [0.717, 1.165) is 27.9 Å². The second-order valence-electron chi connectivity index (χ2n) is 5.89. The molecule has 1 aliphatic rings. The van der Waals surface area contributed by atoms with Gasteiger partial charge in [0.2, 0.25) is 0 Å². The number of aliphatic hydroxyl groups is 1. The van der Waals surface area contributed by atoms with Crippen LogP contribution in [-0.4, -0.2) is 37.3 Å². The molecule has 4 rings (SSSR count). The summed E-state index contributed by atoms with van der Waals surface area (Å²) < 4.78 is 1.93. The number of fused-ring (bicyclic) bond motifs is 1. The lowest BCUT2D eigenvalue weighted by atomic mass is 10.2. The molecule has 10 heteroatoms. The van der Waals surface area contributed by atoms with E-state index in [1.807, 2.05) is 27.5 Å². The number of aromatic nitrogens is 2. The summed E-state index contributed by atoms with van der Waals surface area (Å²) in [6.45, 7) is 1.21. The molecule has 0 radical (unpaired) electrons. The number of benzene rings is 1. The fourth-order valence-electron chi connectivity index (χ4n) is 2.54. The van der Waals surface area contributed by atoms with Gasteiger partial charge in [0.25, 0.3) is 0 Å². The number of hydrogen-bond donors (Lipinski definition) is 5. The molecule has 2 aromatic heterocycles. The Morgan fingerprint density at radius 3 is 3.07 bits per heavy atom. The molecule has 5 N–H and O–H groups in total. The summed E-state index contributed by atoms with van der Waals surface area (Å²) in [7, 11) is 0. The summed E-state index contributed by atoms with van der Waals surface area (Å²) in [5.74, 6) is 0.585. The van der Waals surface area contributed by atoms with Gasteiger partial charge in [0, 0.05) is 53.2 Å². The predicted molar refractivity (Wildman–Crippen MR) is 115 cm³/mol. The number of aliphatic hydroxyl groups excluding tert-OH is 1. The zero-order chi connectivity index (χ0) is 18.5. The van der Waals surface area contributed by atoms with E-state index in [4.69, 9.17) is 0 Å². The molecule has 0 spiro atoms. The Hall–Kier alpha value is -1.85. The molecule has 7 nitrogen and oxygen atoms in total. The molecule has 1 atom stereocenters. The monoisotopic (exact) mass is 420 g/mol. The Morgan fingerprint density at radius 1 is 1.30 bits per heavy atom. The average Bonchev–Trinajstić information content (AvgIpc) is 3.43. The van der Waals surface area contributed by atoms with Crippen LogP contribution in [-0.2, 0) is 6.54 Å². The van der Waals surface area contributed by atoms with E-state index in [1.165, 1.54) is 28.7 Å². The van der Waals surface area contributed by atoms with E-state index in [0.29, 0.717) is 12.3 Å². The van der Waals surface area contributed by atoms with Crippen LogP contribution >= 0.6 is 35.2 Å². The molecule has 0 aliphatic carbocycles. The minimum Gasteiger partial charge on any atom is -0.390 e. The molecular weight excluding hydrogens is 400 g/mol. The van der Waals surface area contributed by atoms with Gasteiger partial charge in [0.05, 0.1) is 12.6 Å². The van der Waals surface area contributed by atoms with Crippen molar-refractivity contribution < 1.29 is 5.11 Å². The average molecular weight is 421 g/mol. The molecule has 142 valence electrons. The van der Waals surface area contributed by atoms with Gasteiger partial charge in [-0.1, -0.05) is 18.2 Å². The minimum atomic E-state index is -0.454. The van der Waals surface area contributed by atoms with Gasteiger partial charge in [-0.3, -0.25) is 0 Å². The Morgan fingerprint density at radius 2 is 2.22 bits per heavy atom. The first-order chi connectivity index (χ1) is 13.3. The van der Waals surface area contributed by atoms with Gasteiger partial charge in [0.1, 0.15) is 5.03 Å². The number of para-hydroxylation sites is 1. The summed E-state index contributed by atoms with van der Waals surface area (Å²) in [4.78, 5) is 7.55. The Labute approximate surface area is 169 Å². The fourth-order valence-corrected chi connectivity index (χ4v) is 4.79. The van der Waals surface area contributed by atoms with Crippen LogP contribution in [0, 0.1) is 0 Å². The van der Waals surface area contributed by atoms with Crippen LogP contribution in [0.5, 0.6) is 0 Å². The van der Waals surface area contributed by atoms with Crippen LogP contribution in [0.25, 0.3) is 10.9 Å². The first-order valence-corrected chi connectivity index (χ1v) is 11.0. The lowest BCUT2D eigenvalue weighted by Crippen LogP contribution is -2.25. The number of thiazole rings is 1. The van der Waals surface area contributed by atoms with E-state index < -0.39 is 6.10 Å². The van der Waals surface area contributed by atoms with Crippen LogP contribution in [0.15, 0.2) is 53.1 Å². The summed E-state index contributed by atoms with van der Waals surface area (Å²) in [5, 5.41) is 21.6. The van der Waals surface area contributed by atoms with Gasteiger partial charge in [0.15, 0.2) is 5.13 Å². The molecule has 3 aromatic rings. The largest absolute Gasteiger partial charge is 0.390 e. The van der Waals surface area contributed by atoms with Crippen molar-refractivity contribution >= 4 is 51.3 Å². The fraction of sp³-hybridized carbons (Fsp3) is 0.235. The van der Waals surface area contributed by atoms with Gasteiger partial charge < -0.3 is 26.1 Å². The zero-order valence-corrected chi connectivity index (χ0v) is 16.8. The molecule has 0 saturated carbocycles. The molecule has 27 heavy (non-hydrogen) atoms. The summed E-state index contributed by atoms with van der Waals surface area (Å²) >= 11 is 4.64. The minimum absolute atomic E-state index is 0.454.